The van der Waals surface area contributed by atoms with Crippen LogP contribution in [0.1, 0.15) is 56.9 Å². The monoisotopic (exact) mass is 452 g/mol. The van der Waals surface area contributed by atoms with Gasteiger partial charge in [0.25, 0.3) is 6.08 Å². The lowest BCUT2D eigenvalue weighted by atomic mass is 9.78. The molecule has 3 rings (SSSR count). The number of benzene rings is 1. The van der Waals surface area contributed by atoms with Crippen LogP contribution in [0, 0.1) is 23.5 Å². The molecule has 1 saturated heterocycles. The number of hydrogen-bond donors (Lipinski definition) is 0. The van der Waals surface area contributed by atoms with Crippen LogP contribution >= 0.6 is 0 Å². The van der Waals surface area contributed by atoms with Gasteiger partial charge in [-0.25, -0.2) is 8.78 Å². The van der Waals surface area contributed by atoms with Gasteiger partial charge >= 0.3 is 6.11 Å². The van der Waals surface area contributed by atoms with Crippen molar-refractivity contribution in [2.75, 3.05) is 13.2 Å². The molecule has 1 heterocycles. The molecule has 174 valence electrons. The number of rotatable bonds is 7. The standard InChI is InChI=1S/C22H26F6O3/c1-2-3-13-11-29-21(30-12-13)15-6-4-14(5-7-15)16-8-17(23)20(18(24)9-16)31-22(27,28)10-19(25)26/h8-10,13-15,21H,2-7,11-12H2,1H3. The quantitative estimate of drug-likeness (QED) is 0.427. The molecule has 2 fully saturated rings. The SMILES string of the molecule is CCCC1COC(C2CCC(c3cc(F)c(OC(F)(F)C=C(F)F)c(F)c3)CC2)OC1. The minimum absolute atomic E-state index is 0.158. The number of alkyl halides is 2. The summed E-state index contributed by atoms with van der Waals surface area (Å²) >= 11 is 0. The molecule has 0 bridgehead atoms. The molecule has 2 aliphatic rings. The van der Waals surface area contributed by atoms with Crippen LogP contribution in [0.25, 0.3) is 0 Å². The van der Waals surface area contributed by atoms with Gasteiger partial charge in [-0.05, 0) is 55.7 Å². The highest BCUT2D eigenvalue weighted by Gasteiger charge is 2.35. The lowest BCUT2D eigenvalue weighted by Gasteiger charge is -2.37. The van der Waals surface area contributed by atoms with Gasteiger partial charge < -0.3 is 14.2 Å². The van der Waals surface area contributed by atoms with Crippen molar-refractivity contribution in [1.82, 2.24) is 0 Å². The fraction of sp³-hybridized carbons (Fsp3) is 0.636. The second-order valence-electron chi connectivity index (χ2n) is 8.21. The lowest BCUT2D eigenvalue weighted by Crippen LogP contribution is -2.38. The Hall–Kier alpha value is -1.74. The van der Waals surface area contributed by atoms with E-state index in [1.54, 1.807) is 0 Å². The molecule has 1 aromatic carbocycles. The Labute approximate surface area is 177 Å². The van der Waals surface area contributed by atoms with Crippen LogP contribution in [0.3, 0.4) is 0 Å². The van der Waals surface area contributed by atoms with Crippen molar-refractivity contribution in [3.05, 3.63) is 41.5 Å². The molecule has 0 radical (unpaired) electrons. The molecule has 1 saturated carbocycles. The van der Waals surface area contributed by atoms with E-state index in [-0.39, 0.29) is 18.1 Å². The summed E-state index contributed by atoms with van der Waals surface area (Å²) in [5, 5.41) is 0. The zero-order chi connectivity index (χ0) is 22.6. The van der Waals surface area contributed by atoms with Gasteiger partial charge in [0.1, 0.15) is 0 Å². The van der Waals surface area contributed by atoms with E-state index in [0.29, 0.717) is 37.5 Å². The summed E-state index contributed by atoms with van der Waals surface area (Å²) < 4.78 is 94.9. The van der Waals surface area contributed by atoms with Gasteiger partial charge in [-0.15, -0.1) is 0 Å². The zero-order valence-corrected chi connectivity index (χ0v) is 17.2. The van der Waals surface area contributed by atoms with E-state index in [1.165, 1.54) is 0 Å². The molecule has 9 heteroatoms. The first-order chi connectivity index (χ1) is 14.7. The van der Waals surface area contributed by atoms with E-state index in [4.69, 9.17) is 9.47 Å². The maximum absolute atomic E-state index is 14.3. The Morgan fingerprint density at radius 2 is 1.65 bits per heavy atom. The highest BCUT2D eigenvalue weighted by atomic mass is 19.3. The third-order valence-corrected chi connectivity index (χ3v) is 5.85. The van der Waals surface area contributed by atoms with Gasteiger partial charge in [-0.1, -0.05) is 13.3 Å². The van der Waals surface area contributed by atoms with Gasteiger partial charge in [0, 0.05) is 11.8 Å². The molecule has 0 unspecified atom stereocenters. The number of ether oxygens (including phenoxy) is 3. The topological polar surface area (TPSA) is 27.7 Å². The van der Waals surface area contributed by atoms with E-state index >= 15 is 0 Å². The van der Waals surface area contributed by atoms with Gasteiger partial charge in [0.2, 0.25) is 0 Å². The van der Waals surface area contributed by atoms with Crippen molar-refractivity contribution >= 4 is 0 Å². The second-order valence-corrected chi connectivity index (χ2v) is 8.21. The van der Waals surface area contributed by atoms with Crippen molar-refractivity contribution in [2.45, 2.75) is 63.8 Å². The Kier molecular flexibility index (Phi) is 7.91. The van der Waals surface area contributed by atoms with Crippen LogP contribution < -0.4 is 4.74 Å². The molecule has 1 aromatic rings. The molecule has 3 nitrogen and oxygen atoms in total. The molecular formula is C22H26F6O3. The summed E-state index contributed by atoms with van der Waals surface area (Å²) in [7, 11) is 0. The Morgan fingerprint density at radius 1 is 1.06 bits per heavy atom. The summed E-state index contributed by atoms with van der Waals surface area (Å²) in [6, 6.07) is 1.86. The summed E-state index contributed by atoms with van der Waals surface area (Å²) in [5.74, 6) is -3.65. The number of hydrogen-bond acceptors (Lipinski definition) is 3. The first kappa shape index (κ1) is 23.9. The van der Waals surface area contributed by atoms with Crippen LogP contribution in [-0.4, -0.2) is 25.6 Å². The van der Waals surface area contributed by atoms with Crippen molar-refractivity contribution in [1.29, 1.82) is 0 Å². The van der Waals surface area contributed by atoms with Crippen molar-refractivity contribution < 1.29 is 40.6 Å². The highest BCUT2D eigenvalue weighted by Crippen LogP contribution is 2.41. The molecule has 0 amide bonds. The van der Waals surface area contributed by atoms with E-state index in [2.05, 4.69) is 11.7 Å². The average Bonchev–Trinajstić information content (AvgIpc) is 2.71. The first-order valence-corrected chi connectivity index (χ1v) is 10.5. The van der Waals surface area contributed by atoms with E-state index in [9.17, 15) is 26.3 Å². The van der Waals surface area contributed by atoms with Crippen LogP contribution in [0.15, 0.2) is 24.3 Å². The molecule has 0 aromatic heterocycles. The Balaban J connectivity index is 1.59. The second kappa shape index (κ2) is 10.3. The third kappa shape index (κ3) is 6.38. The smallest absolute Gasteiger partial charge is 0.423 e. The minimum Gasteiger partial charge on any atom is -0.423 e. The van der Waals surface area contributed by atoms with Gasteiger partial charge in [-0.3, -0.25) is 0 Å². The summed E-state index contributed by atoms with van der Waals surface area (Å²) in [6.07, 6.45) is -3.43. The van der Waals surface area contributed by atoms with Crippen molar-refractivity contribution in [3.63, 3.8) is 0 Å². The molecule has 1 aliphatic carbocycles. The highest BCUT2D eigenvalue weighted by molar-refractivity contribution is 5.34. The van der Waals surface area contributed by atoms with Crippen LogP contribution in [0.5, 0.6) is 5.75 Å². The third-order valence-electron chi connectivity index (χ3n) is 5.85. The van der Waals surface area contributed by atoms with Gasteiger partial charge in [0.15, 0.2) is 23.7 Å². The summed E-state index contributed by atoms with van der Waals surface area (Å²) in [6.45, 7) is 3.45. The molecular weight excluding hydrogens is 426 g/mol. The molecule has 0 N–H and O–H groups in total. The maximum Gasteiger partial charge on any atom is 0.425 e. The average molecular weight is 452 g/mol. The first-order valence-electron chi connectivity index (χ1n) is 10.5. The largest absolute Gasteiger partial charge is 0.425 e. The normalized spacial score (nSPS) is 27.1. The van der Waals surface area contributed by atoms with Crippen LogP contribution in [-0.2, 0) is 9.47 Å². The molecule has 31 heavy (non-hydrogen) atoms. The Morgan fingerprint density at radius 3 is 2.16 bits per heavy atom. The molecule has 0 atom stereocenters. The Bertz CT molecular complexity index is 742. The predicted molar refractivity (Wildman–Crippen MR) is 101 cm³/mol. The minimum atomic E-state index is -4.53. The lowest BCUT2D eigenvalue weighted by molar-refractivity contribution is -0.229. The maximum atomic E-state index is 14.3. The van der Waals surface area contributed by atoms with E-state index in [1.807, 2.05) is 0 Å². The van der Waals surface area contributed by atoms with Crippen LogP contribution in [0.4, 0.5) is 26.3 Å². The molecule has 1 aliphatic heterocycles. The van der Waals surface area contributed by atoms with E-state index < -0.39 is 35.6 Å². The van der Waals surface area contributed by atoms with Gasteiger partial charge in [-0.2, -0.15) is 17.6 Å². The van der Waals surface area contributed by atoms with Gasteiger partial charge in [0.05, 0.1) is 19.3 Å². The van der Waals surface area contributed by atoms with Crippen LogP contribution in [0.2, 0.25) is 0 Å². The van der Waals surface area contributed by atoms with E-state index in [0.717, 1.165) is 37.8 Å². The fourth-order valence-corrected chi connectivity index (χ4v) is 4.34. The summed E-state index contributed by atoms with van der Waals surface area (Å²) in [5.41, 5.74) is 0.324. The zero-order valence-electron chi connectivity index (χ0n) is 17.2. The summed E-state index contributed by atoms with van der Waals surface area (Å²) in [4.78, 5) is 0. The fourth-order valence-electron chi connectivity index (χ4n) is 4.34. The van der Waals surface area contributed by atoms with Crippen molar-refractivity contribution in [3.8, 4) is 5.75 Å². The molecule has 0 spiro atoms. The predicted octanol–water partition coefficient (Wildman–Crippen LogP) is 6.78. The number of halogens is 6. The van der Waals surface area contributed by atoms with Crippen molar-refractivity contribution in [2.24, 2.45) is 11.8 Å².